The van der Waals surface area contributed by atoms with E-state index in [4.69, 9.17) is 4.74 Å². The van der Waals surface area contributed by atoms with Gasteiger partial charge in [-0.15, -0.1) is 0 Å². The summed E-state index contributed by atoms with van der Waals surface area (Å²) in [6.07, 6.45) is 1.64. The fourth-order valence-electron chi connectivity index (χ4n) is 2.43. The molecular weight excluding hydrogens is 314 g/mol. The number of hydrogen-bond donors (Lipinski definition) is 2. The van der Waals surface area contributed by atoms with Crippen LogP contribution in [0.5, 0.6) is 5.75 Å². The van der Waals surface area contributed by atoms with Crippen molar-refractivity contribution in [1.82, 2.24) is 4.98 Å². The van der Waals surface area contributed by atoms with Crippen molar-refractivity contribution in [3.05, 3.63) is 78.1 Å². The number of nitrogens with zero attached hydrogens (tertiary/aromatic N) is 1. The van der Waals surface area contributed by atoms with Gasteiger partial charge in [0.15, 0.2) is 0 Å². The van der Waals surface area contributed by atoms with Crippen LogP contribution in [0.3, 0.4) is 0 Å². The molecule has 2 aromatic carbocycles. The molecule has 25 heavy (non-hydrogen) atoms. The predicted octanol–water partition coefficient (Wildman–Crippen LogP) is 4.39. The molecule has 0 saturated carbocycles. The maximum atomic E-state index is 12.3. The van der Waals surface area contributed by atoms with Crippen LogP contribution in [0, 0.1) is 6.92 Å². The summed E-state index contributed by atoms with van der Waals surface area (Å²) in [5, 5.41) is 6.07. The highest BCUT2D eigenvalue weighted by molar-refractivity contribution is 6.03. The summed E-state index contributed by atoms with van der Waals surface area (Å²) >= 11 is 0. The Kier molecular flexibility index (Phi) is 4.95. The van der Waals surface area contributed by atoms with E-state index in [1.165, 1.54) is 5.56 Å². The third-order valence-electron chi connectivity index (χ3n) is 3.66. The van der Waals surface area contributed by atoms with Crippen LogP contribution < -0.4 is 15.4 Å². The third kappa shape index (κ3) is 4.14. The van der Waals surface area contributed by atoms with E-state index in [9.17, 15) is 4.79 Å². The van der Waals surface area contributed by atoms with E-state index in [2.05, 4.69) is 15.6 Å². The molecule has 2 N–H and O–H groups in total. The first-order chi connectivity index (χ1) is 12.2. The number of pyridine rings is 1. The maximum absolute atomic E-state index is 12.3. The van der Waals surface area contributed by atoms with E-state index < -0.39 is 0 Å². The van der Waals surface area contributed by atoms with Gasteiger partial charge in [0.05, 0.1) is 24.7 Å². The smallest absolute Gasteiger partial charge is 0.274 e. The number of carbonyl (C=O) groups is 1. The summed E-state index contributed by atoms with van der Waals surface area (Å²) in [4.78, 5) is 16.6. The average molecular weight is 333 g/mol. The van der Waals surface area contributed by atoms with Gasteiger partial charge in [-0.2, -0.15) is 0 Å². The highest BCUT2D eigenvalue weighted by Gasteiger charge is 2.10. The molecule has 0 bridgehead atoms. The molecule has 0 atom stereocenters. The maximum Gasteiger partial charge on any atom is 0.274 e. The number of nitrogens with one attached hydrogen (secondary N) is 2. The molecule has 3 rings (SSSR count). The number of aromatic nitrogens is 1. The lowest BCUT2D eigenvalue weighted by molar-refractivity contribution is 0.102. The van der Waals surface area contributed by atoms with Gasteiger partial charge >= 0.3 is 0 Å². The minimum atomic E-state index is -0.286. The summed E-state index contributed by atoms with van der Waals surface area (Å²) < 4.78 is 5.23. The van der Waals surface area contributed by atoms with Gasteiger partial charge in [0, 0.05) is 5.69 Å². The van der Waals surface area contributed by atoms with Crippen LogP contribution in [0.4, 0.5) is 17.1 Å². The zero-order valence-corrected chi connectivity index (χ0v) is 14.1. The number of aryl methyl sites for hydroxylation is 1. The van der Waals surface area contributed by atoms with Crippen molar-refractivity contribution >= 4 is 23.0 Å². The number of hydrogen-bond acceptors (Lipinski definition) is 4. The molecule has 1 aromatic heterocycles. The second-order valence-electron chi connectivity index (χ2n) is 5.58. The van der Waals surface area contributed by atoms with Crippen molar-refractivity contribution < 1.29 is 9.53 Å². The van der Waals surface area contributed by atoms with Crippen LogP contribution >= 0.6 is 0 Å². The van der Waals surface area contributed by atoms with E-state index in [0.717, 1.165) is 11.4 Å². The number of carbonyl (C=O) groups excluding carboxylic acids is 1. The first kappa shape index (κ1) is 16.5. The molecule has 1 amide bonds. The fourth-order valence-corrected chi connectivity index (χ4v) is 2.43. The first-order valence-corrected chi connectivity index (χ1v) is 7.90. The summed E-state index contributed by atoms with van der Waals surface area (Å²) in [6, 6.07) is 18.8. The molecule has 3 aromatic rings. The molecule has 126 valence electrons. The lowest BCUT2D eigenvalue weighted by Gasteiger charge is -2.10. The van der Waals surface area contributed by atoms with E-state index in [0.29, 0.717) is 17.1 Å². The summed E-state index contributed by atoms with van der Waals surface area (Å²) in [6.45, 7) is 2.04. The summed E-state index contributed by atoms with van der Waals surface area (Å²) in [7, 11) is 1.56. The molecule has 0 unspecified atom stereocenters. The molecule has 0 radical (unpaired) electrons. The third-order valence-corrected chi connectivity index (χ3v) is 3.66. The minimum absolute atomic E-state index is 0.286. The van der Waals surface area contributed by atoms with Crippen molar-refractivity contribution in [3.8, 4) is 5.75 Å². The Morgan fingerprint density at radius 1 is 1.00 bits per heavy atom. The highest BCUT2D eigenvalue weighted by atomic mass is 16.5. The molecule has 0 fully saturated rings. The lowest BCUT2D eigenvalue weighted by atomic mass is 10.2. The van der Waals surface area contributed by atoms with E-state index >= 15 is 0 Å². The molecule has 5 heteroatoms. The van der Waals surface area contributed by atoms with Gasteiger partial charge in [0.25, 0.3) is 5.91 Å². The quantitative estimate of drug-likeness (QED) is 0.727. The van der Waals surface area contributed by atoms with Gasteiger partial charge in [-0.3, -0.25) is 4.79 Å². The molecule has 0 aliphatic carbocycles. The van der Waals surface area contributed by atoms with E-state index in [1.54, 1.807) is 31.5 Å². The number of amides is 1. The normalized spacial score (nSPS) is 10.2. The molecule has 0 aliphatic heterocycles. The zero-order chi connectivity index (χ0) is 17.6. The topological polar surface area (TPSA) is 63.2 Å². The monoisotopic (exact) mass is 333 g/mol. The van der Waals surface area contributed by atoms with E-state index in [-0.39, 0.29) is 5.91 Å². The SMILES string of the molecule is COc1ccccc1NC(=O)c1ccc(Nc2cccc(C)c2)cn1. The zero-order valence-electron chi connectivity index (χ0n) is 14.1. The number of para-hydroxylation sites is 2. The molecule has 0 aliphatic rings. The molecular formula is C20H19N3O2. The molecule has 0 spiro atoms. The van der Waals surface area contributed by atoms with E-state index in [1.807, 2.05) is 49.4 Å². The van der Waals surface area contributed by atoms with Crippen LogP contribution in [0.2, 0.25) is 0 Å². The molecule has 1 heterocycles. The Labute approximate surface area is 146 Å². The summed E-state index contributed by atoms with van der Waals surface area (Å²) in [5.41, 5.74) is 3.91. The largest absolute Gasteiger partial charge is 0.495 e. The Hall–Kier alpha value is -3.34. The van der Waals surface area contributed by atoms with Crippen LogP contribution in [-0.4, -0.2) is 18.0 Å². The Morgan fingerprint density at radius 3 is 2.56 bits per heavy atom. The van der Waals surface area contributed by atoms with Crippen LogP contribution in [0.25, 0.3) is 0 Å². The van der Waals surface area contributed by atoms with Gasteiger partial charge in [0.2, 0.25) is 0 Å². The van der Waals surface area contributed by atoms with Gasteiger partial charge in [-0.1, -0.05) is 24.3 Å². The van der Waals surface area contributed by atoms with Gasteiger partial charge in [-0.05, 0) is 48.9 Å². The first-order valence-electron chi connectivity index (χ1n) is 7.90. The highest BCUT2D eigenvalue weighted by Crippen LogP contribution is 2.23. The number of benzene rings is 2. The number of anilines is 3. The van der Waals surface area contributed by atoms with Crippen LogP contribution in [0.15, 0.2) is 66.9 Å². The Morgan fingerprint density at radius 2 is 1.84 bits per heavy atom. The van der Waals surface area contributed by atoms with Crippen LogP contribution in [0.1, 0.15) is 16.1 Å². The molecule has 5 nitrogen and oxygen atoms in total. The lowest BCUT2D eigenvalue weighted by Crippen LogP contribution is -2.14. The van der Waals surface area contributed by atoms with Gasteiger partial charge in [-0.25, -0.2) is 4.98 Å². The fraction of sp³-hybridized carbons (Fsp3) is 0.100. The van der Waals surface area contributed by atoms with Gasteiger partial charge < -0.3 is 15.4 Å². The van der Waals surface area contributed by atoms with Crippen LogP contribution in [-0.2, 0) is 0 Å². The second kappa shape index (κ2) is 7.49. The van der Waals surface area contributed by atoms with Crippen molar-refractivity contribution in [2.45, 2.75) is 6.92 Å². The average Bonchev–Trinajstić information content (AvgIpc) is 2.63. The number of methoxy groups -OCH3 is 1. The van der Waals surface area contributed by atoms with Crippen molar-refractivity contribution in [2.75, 3.05) is 17.7 Å². The standard InChI is InChI=1S/C20H19N3O2/c1-14-6-5-7-15(12-14)22-16-10-11-18(21-13-16)20(24)23-17-8-3-4-9-19(17)25-2/h3-13,22H,1-2H3,(H,23,24). The van der Waals surface area contributed by atoms with Gasteiger partial charge in [0.1, 0.15) is 11.4 Å². The van der Waals surface area contributed by atoms with Crippen molar-refractivity contribution in [2.24, 2.45) is 0 Å². The molecule has 0 saturated heterocycles. The summed E-state index contributed by atoms with van der Waals surface area (Å²) in [5.74, 6) is 0.320. The Bertz CT molecular complexity index is 876. The number of rotatable bonds is 5. The van der Waals surface area contributed by atoms with Crippen molar-refractivity contribution in [3.63, 3.8) is 0 Å². The minimum Gasteiger partial charge on any atom is -0.495 e. The second-order valence-corrected chi connectivity index (χ2v) is 5.58. The van der Waals surface area contributed by atoms with Crippen molar-refractivity contribution in [1.29, 1.82) is 0 Å². The Balaban J connectivity index is 1.70. The predicted molar refractivity (Wildman–Crippen MR) is 99.6 cm³/mol. The number of ether oxygens (including phenoxy) is 1.